The van der Waals surface area contributed by atoms with E-state index in [-0.39, 0.29) is 17.5 Å². The summed E-state index contributed by atoms with van der Waals surface area (Å²) in [6.07, 6.45) is 3.17. The van der Waals surface area contributed by atoms with E-state index in [9.17, 15) is 13.8 Å². The summed E-state index contributed by atoms with van der Waals surface area (Å²) < 4.78 is 13.3. The second-order valence-electron chi connectivity index (χ2n) is 6.91. The summed E-state index contributed by atoms with van der Waals surface area (Å²) in [6, 6.07) is 17.8. The van der Waals surface area contributed by atoms with Crippen LogP contribution in [0.5, 0.6) is 0 Å². The fraction of sp³-hybridized carbons (Fsp3) is 0.174. The van der Waals surface area contributed by atoms with E-state index in [1.54, 1.807) is 48.9 Å². The number of hydrogen-bond acceptors (Lipinski definition) is 4. The fourth-order valence-electron chi connectivity index (χ4n) is 2.97. The summed E-state index contributed by atoms with van der Waals surface area (Å²) in [6.45, 7) is 2.55. The molecule has 6 nitrogen and oxygen atoms in total. The van der Waals surface area contributed by atoms with Gasteiger partial charge < -0.3 is 9.88 Å². The number of nitrogens with zero attached hydrogens (tertiary/aromatic N) is 2. The van der Waals surface area contributed by atoms with Crippen molar-refractivity contribution in [3.63, 3.8) is 0 Å². The zero-order chi connectivity index (χ0) is 21.7. The Morgan fingerprint density at radius 1 is 1.10 bits per heavy atom. The van der Waals surface area contributed by atoms with Crippen molar-refractivity contribution < 1.29 is 9.00 Å². The number of rotatable bonds is 6. The zero-order valence-corrected chi connectivity index (χ0v) is 17.5. The first-order valence-electron chi connectivity index (χ1n) is 9.28. The van der Waals surface area contributed by atoms with Crippen molar-refractivity contribution in [3.05, 3.63) is 99.0 Å². The summed E-state index contributed by atoms with van der Waals surface area (Å²) in [7, 11) is -1.05. The molecule has 7 heteroatoms. The molecule has 0 saturated heterocycles. The lowest BCUT2D eigenvalue weighted by Crippen LogP contribution is -2.29. The topological polar surface area (TPSA) is 92.0 Å². The van der Waals surface area contributed by atoms with Crippen molar-refractivity contribution in [3.8, 4) is 6.07 Å². The third-order valence-electron chi connectivity index (χ3n) is 4.73. The molecule has 2 aromatic carbocycles. The number of hydrogen-bond donors (Lipinski definition) is 1. The Morgan fingerprint density at radius 2 is 1.73 bits per heavy atom. The van der Waals surface area contributed by atoms with E-state index >= 15 is 0 Å². The van der Waals surface area contributed by atoms with Crippen LogP contribution in [-0.4, -0.2) is 20.9 Å². The lowest BCUT2D eigenvalue weighted by Gasteiger charge is -2.13. The predicted octanol–water partition coefficient (Wildman–Crippen LogP) is 2.74. The SMILES string of the molecule is Cc1cc(=O)c(C(=O)NCc2ccc(S(C)=O)cc2)cn1Cc1ccc(C#N)cc1. The van der Waals surface area contributed by atoms with E-state index in [0.717, 1.165) is 16.8 Å². The molecule has 0 saturated carbocycles. The van der Waals surface area contributed by atoms with E-state index in [4.69, 9.17) is 5.26 Å². The van der Waals surface area contributed by atoms with Gasteiger partial charge in [0.1, 0.15) is 5.56 Å². The van der Waals surface area contributed by atoms with Crippen LogP contribution < -0.4 is 10.7 Å². The Morgan fingerprint density at radius 3 is 2.33 bits per heavy atom. The highest BCUT2D eigenvalue weighted by atomic mass is 32.2. The standard InChI is InChI=1S/C23H21N3O3S/c1-16-11-22(27)21(15-26(16)14-19-5-3-17(12-24)4-6-19)23(28)25-13-18-7-9-20(10-8-18)30(2)29/h3-11,15H,13-14H2,1-2H3,(H,25,28). The molecule has 1 aromatic heterocycles. The van der Waals surface area contributed by atoms with Gasteiger partial charge in [-0.1, -0.05) is 24.3 Å². The van der Waals surface area contributed by atoms with Crippen molar-refractivity contribution in [2.75, 3.05) is 6.26 Å². The predicted molar refractivity (Wildman–Crippen MR) is 116 cm³/mol. The highest BCUT2D eigenvalue weighted by molar-refractivity contribution is 7.84. The fourth-order valence-corrected chi connectivity index (χ4v) is 3.49. The molecule has 1 N–H and O–H groups in total. The highest BCUT2D eigenvalue weighted by Gasteiger charge is 2.13. The number of carbonyl (C=O) groups excluding carboxylic acids is 1. The molecule has 0 aliphatic rings. The van der Waals surface area contributed by atoms with Crippen LogP contribution in [-0.2, 0) is 23.9 Å². The average Bonchev–Trinajstić information content (AvgIpc) is 2.74. The lowest BCUT2D eigenvalue weighted by molar-refractivity contribution is 0.0949. The molecule has 152 valence electrons. The maximum absolute atomic E-state index is 12.6. The largest absolute Gasteiger partial charge is 0.348 e. The first-order valence-corrected chi connectivity index (χ1v) is 10.8. The second-order valence-corrected chi connectivity index (χ2v) is 8.29. The molecule has 1 heterocycles. The first-order chi connectivity index (χ1) is 14.4. The number of benzene rings is 2. The molecule has 0 aliphatic carbocycles. The quantitative estimate of drug-likeness (QED) is 0.665. The van der Waals surface area contributed by atoms with Crippen molar-refractivity contribution in [1.29, 1.82) is 5.26 Å². The Balaban J connectivity index is 1.75. The molecule has 0 radical (unpaired) electrons. The van der Waals surface area contributed by atoms with Crippen LogP contribution in [0.4, 0.5) is 0 Å². The van der Waals surface area contributed by atoms with Crippen molar-refractivity contribution in [2.24, 2.45) is 0 Å². The third kappa shape index (κ3) is 5.10. The van der Waals surface area contributed by atoms with Crippen molar-refractivity contribution >= 4 is 16.7 Å². The van der Waals surface area contributed by atoms with Gasteiger partial charge in [-0.2, -0.15) is 5.26 Å². The Hall–Kier alpha value is -3.50. The van der Waals surface area contributed by atoms with E-state index in [1.807, 2.05) is 23.6 Å². The van der Waals surface area contributed by atoms with Crippen LogP contribution in [0.25, 0.3) is 0 Å². The number of aryl methyl sites for hydroxylation is 1. The van der Waals surface area contributed by atoms with Crippen LogP contribution in [0.1, 0.15) is 32.7 Å². The molecule has 1 atom stereocenters. The normalized spacial score (nSPS) is 11.5. The highest BCUT2D eigenvalue weighted by Crippen LogP contribution is 2.10. The van der Waals surface area contributed by atoms with Crippen LogP contribution in [0, 0.1) is 18.3 Å². The van der Waals surface area contributed by atoms with Crippen LogP contribution in [0.2, 0.25) is 0 Å². The molecule has 0 aliphatic heterocycles. The third-order valence-corrected chi connectivity index (χ3v) is 5.67. The molecule has 3 rings (SSSR count). The number of pyridine rings is 1. The average molecular weight is 420 g/mol. The molecule has 0 bridgehead atoms. The number of amides is 1. The van der Waals surface area contributed by atoms with E-state index in [1.165, 1.54) is 6.07 Å². The van der Waals surface area contributed by atoms with Crippen molar-refractivity contribution in [1.82, 2.24) is 9.88 Å². The summed E-state index contributed by atoms with van der Waals surface area (Å²) in [5.74, 6) is -0.447. The van der Waals surface area contributed by atoms with Gasteiger partial charge in [-0.3, -0.25) is 13.8 Å². The first kappa shape index (κ1) is 21.2. The Bertz CT molecular complexity index is 1190. The van der Waals surface area contributed by atoms with Gasteiger partial charge in [0.15, 0.2) is 5.43 Å². The monoisotopic (exact) mass is 419 g/mol. The number of carbonyl (C=O) groups is 1. The van der Waals surface area contributed by atoms with Gasteiger partial charge >= 0.3 is 0 Å². The molecular formula is C23H21N3O3S. The van der Waals surface area contributed by atoms with Gasteiger partial charge in [-0.05, 0) is 42.3 Å². The van der Waals surface area contributed by atoms with Crippen molar-refractivity contribution in [2.45, 2.75) is 24.9 Å². The summed E-state index contributed by atoms with van der Waals surface area (Å²) in [5, 5.41) is 11.7. The minimum absolute atomic E-state index is 0.0699. The van der Waals surface area contributed by atoms with E-state index < -0.39 is 16.7 Å². The molecule has 0 spiro atoms. The molecule has 0 fully saturated rings. The summed E-state index contributed by atoms with van der Waals surface area (Å²) in [5.41, 5.74) is 2.86. The van der Waals surface area contributed by atoms with Gasteiger partial charge in [0.05, 0.1) is 11.6 Å². The van der Waals surface area contributed by atoms with Gasteiger partial charge in [0, 0.05) is 53.0 Å². The summed E-state index contributed by atoms with van der Waals surface area (Å²) in [4.78, 5) is 25.7. The molecule has 1 amide bonds. The maximum atomic E-state index is 12.6. The van der Waals surface area contributed by atoms with E-state index in [0.29, 0.717) is 17.0 Å². The minimum Gasteiger partial charge on any atom is -0.348 e. The molecule has 30 heavy (non-hydrogen) atoms. The smallest absolute Gasteiger partial charge is 0.257 e. The number of aromatic nitrogens is 1. The van der Waals surface area contributed by atoms with Gasteiger partial charge in [0.2, 0.25) is 0 Å². The van der Waals surface area contributed by atoms with E-state index in [2.05, 4.69) is 11.4 Å². The maximum Gasteiger partial charge on any atom is 0.257 e. The molecular weight excluding hydrogens is 398 g/mol. The van der Waals surface area contributed by atoms with Crippen LogP contribution in [0.3, 0.4) is 0 Å². The van der Waals surface area contributed by atoms with Crippen LogP contribution in [0.15, 0.2) is 70.5 Å². The van der Waals surface area contributed by atoms with Gasteiger partial charge in [-0.25, -0.2) is 0 Å². The number of nitrogens with one attached hydrogen (secondary N) is 1. The van der Waals surface area contributed by atoms with Gasteiger partial charge in [0.25, 0.3) is 5.91 Å². The second kappa shape index (κ2) is 9.33. The summed E-state index contributed by atoms with van der Waals surface area (Å²) >= 11 is 0. The Kier molecular flexibility index (Phi) is 6.60. The molecule has 1 unspecified atom stereocenters. The lowest BCUT2D eigenvalue weighted by atomic mass is 10.1. The Labute approximate surface area is 177 Å². The molecule has 3 aromatic rings. The minimum atomic E-state index is -1.05. The number of nitriles is 1. The zero-order valence-electron chi connectivity index (χ0n) is 16.7. The van der Waals surface area contributed by atoms with Crippen LogP contribution >= 0.6 is 0 Å². The van der Waals surface area contributed by atoms with Gasteiger partial charge in [-0.15, -0.1) is 0 Å².